The van der Waals surface area contributed by atoms with Crippen molar-refractivity contribution in [2.45, 2.75) is 19.5 Å². The second-order valence-electron chi connectivity index (χ2n) is 4.17. The van der Waals surface area contributed by atoms with Gasteiger partial charge in [0.2, 0.25) is 0 Å². The highest BCUT2D eigenvalue weighted by Gasteiger charge is 2.04. The topological polar surface area (TPSA) is 48.7 Å². The zero-order valence-electron chi connectivity index (χ0n) is 10.3. The van der Waals surface area contributed by atoms with Crippen molar-refractivity contribution >= 4 is 0 Å². The molecule has 1 aromatic carbocycles. The van der Waals surface area contributed by atoms with Gasteiger partial charge in [0, 0.05) is 18.8 Å². The molecule has 2 aromatic rings. The van der Waals surface area contributed by atoms with Gasteiger partial charge in [0.25, 0.3) is 0 Å². The van der Waals surface area contributed by atoms with E-state index in [4.69, 9.17) is 5.26 Å². The second kappa shape index (κ2) is 5.95. The minimum Gasteiger partial charge on any atom is -0.306 e. The van der Waals surface area contributed by atoms with E-state index in [9.17, 15) is 0 Å². The fraction of sp³-hybridized carbons (Fsp3) is 0.200. The Morgan fingerprint density at radius 3 is 2.78 bits per heavy atom. The van der Waals surface area contributed by atoms with Crippen molar-refractivity contribution in [2.24, 2.45) is 0 Å². The standard InChI is InChI=1S/C15H15N3/c1-12(14-5-3-2-4-6-14)18-11-13-7-8-17-15(9-13)10-16/h2-9,12,18H,11H2,1H3/t12-/m0/s1. The number of aromatic nitrogens is 1. The minimum atomic E-state index is 0.282. The van der Waals surface area contributed by atoms with Crippen molar-refractivity contribution in [3.8, 4) is 6.07 Å². The van der Waals surface area contributed by atoms with Gasteiger partial charge < -0.3 is 5.32 Å². The van der Waals surface area contributed by atoms with Crippen LogP contribution in [0.1, 0.15) is 29.8 Å². The maximum absolute atomic E-state index is 8.78. The van der Waals surface area contributed by atoms with Gasteiger partial charge >= 0.3 is 0 Å². The predicted molar refractivity (Wildman–Crippen MR) is 70.6 cm³/mol. The van der Waals surface area contributed by atoms with Crippen LogP contribution in [0.5, 0.6) is 0 Å². The zero-order chi connectivity index (χ0) is 12.8. The molecule has 0 radical (unpaired) electrons. The first-order valence-corrected chi connectivity index (χ1v) is 5.93. The van der Waals surface area contributed by atoms with Crippen LogP contribution in [-0.4, -0.2) is 4.98 Å². The molecule has 1 N–H and O–H groups in total. The van der Waals surface area contributed by atoms with Gasteiger partial charge in [-0.05, 0) is 30.2 Å². The maximum atomic E-state index is 8.78. The number of nitrogens with zero attached hydrogens (tertiary/aromatic N) is 2. The van der Waals surface area contributed by atoms with E-state index in [1.807, 2.05) is 36.4 Å². The number of hydrogen-bond acceptors (Lipinski definition) is 3. The third-order valence-electron chi connectivity index (χ3n) is 2.85. The lowest BCUT2D eigenvalue weighted by atomic mass is 10.1. The number of pyridine rings is 1. The third-order valence-corrected chi connectivity index (χ3v) is 2.85. The van der Waals surface area contributed by atoms with Crippen molar-refractivity contribution in [1.29, 1.82) is 5.26 Å². The van der Waals surface area contributed by atoms with E-state index in [0.717, 1.165) is 12.1 Å². The Hall–Kier alpha value is -2.18. The molecule has 2 rings (SSSR count). The highest BCUT2D eigenvalue weighted by Crippen LogP contribution is 2.12. The van der Waals surface area contributed by atoms with Crippen LogP contribution in [0.15, 0.2) is 48.7 Å². The van der Waals surface area contributed by atoms with Gasteiger partial charge in [-0.25, -0.2) is 4.98 Å². The number of rotatable bonds is 4. The molecular weight excluding hydrogens is 222 g/mol. The quantitative estimate of drug-likeness (QED) is 0.889. The van der Waals surface area contributed by atoms with E-state index in [1.165, 1.54) is 5.56 Å². The molecule has 0 fully saturated rings. The van der Waals surface area contributed by atoms with Crippen molar-refractivity contribution in [1.82, 2.24) is 10.3 Å². The smallest absolute Gasteiger partial charge is 0.140 e. The monoisotopic (exact) mass is 237 g/mol. The number of nitrogens with one attached hydrogen (secondary N) is 1. The summed E-state index contributed by atoms with van der Waals surface area (Å²) in [6.45, 7) is 2.86. The summed E-state index contributed by atoms with van der Waals surface area (Å²) in [6.07, 6.45) is 1.67. The fourth-order valence-electron chi connectivity index (χ4n) is 1.78. The highest BCUT2D eigenvalue weighted by atomic mass is 14.9. The lowest BCUT2D eigenvalue weighted by Gasteiger charge is -2.14. The van der Waals surface area contributed by atoms with Gasteiger partial charge in [0.15, 0.2) is 0 Å². The van der Waals surface area contributed by atoms with Gasteiger partial charge in [-0.1, -0.05) is 30.3 Å². The van der Waals surface area contributed by atoms with Crippen LogP contribution in [0, 0.1) is 11.3 Å². The molecule has 3 nitrogen and oxygen atoms in total. The first-order valence-electron chi connectivity index (χ1n) is 5.93. The van der Waals surface area contributed by atoms with E-state index in [1.54, 1.807) is 6.20 Å². The molecular formula is C15H15N3. The third kappa shape index (κ3) is 3.16. The van der Waals surface area contributed by atoms with Crippen LogP contribution in [0.4, 0.5) is 0 Å². The second-order valence-corrected chi connectivity index (χ2v) is 4.17. The molecule has 0 aliphatic carbocycles. The molecule has 0 spiro atoms. The lowest BCUT2D eigenvalue weighted by molar-refractivity contribution is 0.574. The van der Waals surface area contributed by atoms with Crippen molar-refractivity contribution < 1.29 is 0 Å². The molecule has 1 heterocycles. The first-order chi connectivity index (χ1) is 8.79. The van der Waals surface area contributed by atoms with Crippen LogP contribution in [0.2, 0.25) is 0 Å². The summed E-state index contributed by atoms with van der Waals surface area (Å²) in [5.41, 5.74) is 2.79. The summed E-state index contributed by atoms with van der Waals surface area (Å²) in [5, 5.41) is 12.2. The maximum Gasteiger partial charge on any atom is 0.140 e. The minimum absolute atomic E-state index is 0.282. The van der Waals surface area contributed by atoms with E-state index < -0.39 is 0 Å². The molecule has 0 aliphatic rings. The molecule has 18 heavy (non-hydrogen) atoms. The van der Waals surface area contributed by atoms with E-state index >= 15 is 0 Å². The summed E-state index contributed by atoms with van der Waals surface area (Å²) in [4.78, 5) is 3.95. The predicted octanol–water partition coefficient (Wildman–Crippen LogP) is 2.80. The first kappa shape index (κ1) is 12.3. The number of hydrogen-bond donors (Lipinski definition) is 1. The molecule has 1 aromatic heterocycles. The molecule has 0 saturated carbocycles. The van der Waals surface area contributed by atoms with Crippen LogP contribution in [-0.2, 0) is 6.54 Å². The molecule has 1 atom stereocenters. The normalized spacial score (nSPS) is 11.8. The van der Waals surface area contributed by atoms with E-state index in [-0.39, 0.29) is 6.04 Å². The van der Waals surface area contributed by atoms with Gasteiger partial charge in [0.05, 0.1) is 0 Å². The van der Waals surface area contributed by atoms with Gasteiger partial charge in [0.1, 0.15) is 11.8 Å². The Bertz CT molecular complexity index is 543. The van der Waals surface area contributed by atoms with Crippen molar-refractivity contribution in [2.75, 3.05) is 0 Å². The Balaban J connectivity index is 1.97. The average Bonchev–Trinajstić information content (AvgIpc) is 2.46. The Morgan fingerprint density at radius 1 is 1.28 bits per heavy atom. The van der Waals surface area contributed by atoms with Gasteiger partial charge in [-0.3, -0.25) is 0 Å². The Kier molecular flexibility index (Phi) is 4.06. The zero-order valence-corrected chi connectivity index (χ0v) is 10.3. The summed E-state index contributed by atoms with van der Waals surface area (Å²) in [7, 11) is 0. The number of benzene rings is 1. The van der Waals surface area contributed by atoms with Crippen molar-refractivity contribution in [3.63, 3.8) is 0 Å². The SMILES string of the molecule is C[C@H](NCc1ccnc(C#N)c1)c1ccccc1. The summed E-state index contributed by atoms with van der Waals surface area (Å²) in [5.74, 6) is 0. The molecule has 0 unspecified atom stereocenters. The fourth-order valence-corrected chi connectivity index (χ4v) is 1.78. The Morgan fingerprint density at radius 2 is 2.06 bits per heavy atom. The summed E-state index contributed by atoms with van der Waals surface area (Å²) >= 11 is 0. The molecule has 0 aliphatic heterocycles. The number of nitriles is 1. The summed E-state index contributed by atoms with van der Waals surface area (Å²) < 4.78 is 0. The molecule has 0 amide bonds. The van der Waals surface area contributed by atoms with E-state index in [0.29, 0.717) is 5.69 Å². The molecule has 90 valence electrons. The van der Waals surface area contributed by atoms with Crippen LogP contribution < -0.4 is 5.32 Å². The van der Waals surface area contributed by atoms with Gasteiger partial charge in [-0.2, -0.15) is 5.26 Å². The average molecular weight is 237 g/mol. The highest BCUT2D eigenvalue weighted by molar-refractivity contribution is 5.25. The molecule has 0 saturated heterocycles. The summed E-state index contributed by atoms with van der Waals surface area (Å²) in [6, 6.07) is 16.3. The van der Waals surface area contributed by atoms with Crippen LogP contribution in [0.25, 0.3) is 0 Å². The van der Waals surface area contributed by atoms with Crippen LogP contribution >= 0.6 is 0 Å². The van der Waals surface area contributed by atoms with Crippen LogP contribution in [0.3, 0.4) is 0 Å². The molecule has 3 heteroatoms. The lowest BCUT2D eigenvalue weighted by Crippen LogP contribution is -2.18. The largest absolute Gasteiger partial charge is 0.306 e. The molecule has 0 bridgehead atoms. The van der Waals surface area contributed by atoms with Gasteiger partial charge in [-0.15, -0.1) is 0 Å². The van der Waals surface area contributed by atoms with E-state index in [2.05, 4.69) is 29.4 Å². The van der Waals surface area contributed by atoms with Crippen molar-refractivity contribution in [3.05, 3.63) is 65.5 Å². The Labute approximate surface area is 107 Å².